The molecule has 1 rings (SSSR count). The van der Waals surface area contributed by atoms with E-state index in [9.17, 15) is 4.79 Å². The SMILES string of the molecule is COC(=O)C[C@@H](N)c1cccs1.Cl. The second-order valence-electron chi connectivity index (χ2n) is 2.40. The van der Waals surface area contributed by atoms with E-state index in [1.54, 1.807) is 11.3 Å². The molecule has 0 unspecified atom stereocenters. The minimum Gasteiger partial charge on any atom is -0.469 e. The lowest BCUT2D eigenvalue weighted by Crippen LogP contribution is -2.14. The number of ether oxygens (including phenoxy) is 1. The van der Waals surface area contributed by atoms with Gasteiger partial charge in [-0.3, -0.25) is 4.79 Å². The van der Waals surface area contributed by atoms with E-state index >= 15 is 0 Å². The van der Waals surface area contributed by atoms with Crippen LogP contribution >= 0.6 is 23.7 Å². The number of hydrogen-bond acceptors (Lipinski definition) is 4. The second kappa shape index (κ2) is 5.96. The summed E-state index contributed by atoms with van der Waals surface area (Å²) in [6, 6.07) is 3.60. The smallest absolute Gasteiger partial charge is 0.307 e. The molecule has 1 aromatic rings. The van der Waals surface area contributed by atoms with Crippen LogP contribution < -0.4 is 5.73 Å². The summed E-state index contributed by atoms with van der Waals surface area (Å²) < 4.78 is 4.50. The molecule has 0 radical (unpaired) electrons. The minimum atomic E-state index is -0.268. The average molecular weight is 222 g/mol. The highest BCUT2D eigenvalue weighted by Gasteiger charge is 2.11. The van der Waals surface area contributed by atoms with Gasteiger partial charge in [0.1, 0.15) is 0 Å². The summed E-state index contributed by atoms with van der Waals surface area (Å²) in [5.74, 6) is -0.268. The number of carbonyl (C=O) groups is 1. The zero-order valence-corrected chi connectivity index (χ0v) is 8.86. The van der Waals surface area contributed by atoms with Crippen LogP contribution in [0.3, 0.4) is 0 Å². The Labute approximate surface area is 87.3 Å². The molecule has 0 fully saturated rings. The fourth-order valence-electron chi connectivity index (χ4n) is 0.866. The number of hydrogen-bond donors (Lipinski definition) is 1. The van der Waals surface area contributed by atoms with Gasteiger partial charge in [0.25, 0.3) is 0 Å². The fourth-order valence-corrected chi connectivity index (χ4v) is 1.60. The van der Waals surface area contributed by atoms with Crippen LogP contribution in [0.25, 0.3) is 0 Å². The van der Waals surface area contributed by atoms with Crippen molar-refractivity contribution < 1.29 is 9.53 Å². The Morgan fingerprint density at radius 3 is 2.92 bits per heavy atom. The number of esters is 1. The Morgan fingerprint density at radius 2 is 2.46 bits per heavy atom. The first-order valence-corrected chi connectivity index (χ1v) is 4.48. The van der Waals surface area contributed by atoms with Gasteiger partial charge in [-0.05, 0) is 11.4 Å². The van der Waals surface area contributed by atoms with Crippen molar-refractivity contribution in [1.29, 1.82) is 0 Å². The van der Waals surface area contributed by atoms with Crippen molar-refractivity contribution in [1.82, 2.24) is 0 Å². The van der Waals surface area contributed by atoms with Gasteiger partial charge < -0.3 is 10.5 Å². The van der Waals surface area contributed by atoms with Gasteiger partial charge in [-0.1, -0.05) is 6.07 Å². The van der Waals surface area contributed by atoms with Crippen LogP contribution in [0.5, 0.6) is 0 Å². The molecule has 0 bridgehead atoms. The zero-order chi connectivity index (χ0) is 8.97. The van der Waals surface area contributed by atoms with Gasteiger partial charge in [0, 0.05) is 10.9 Å². The highest BCUT2D eigenvalue weighted by molar-refractivity contribution is 7.10. The summed E-state index contributed by atoms with van der Waals surface area (Å²) in [4.78, 5) is 11.8. The van der Waals surface area contributed by atoms with E-state index < -0.39 is 0 Å². The maximum atomic E-state index is 10.8. The first kappa shape index (κ1) is 12.4. The summed E-state index contributed by atoms with van der Waals surface area (Å²) in [5, 5.41) is 1.94. The third-order valence-electron chi connectivity index (χ3n) is 1.52. The fraction of sp³-hybridized carbons (Fsp3) is 0.375. The molecule has 3 nitrogen and oxygen atoms in total. The minimum absolute atomic E-state index is 0. The van der Waals surface area contributed by atoms with Crippen molar-refractivity contribution in [3.05, 3.63) is 22.4 Å². The molecular weight excluding hydrogens is 210 g/mol. The van der Waals surface area contributed by atoms with Gasteiger partial charge in [0.05, 0.1) is 13.5 Å². The Balaban J connectivity index is 0.00000144. The van der Waals surface area contributed by atoms with Crippen LogP contribution in [-0.2, 0) is 9.53 Å². The van der Waals surface area contributed by atoms with Crippen LogP contribution in [-0.4, -0.2) is 13.1 Å². The lowest BCUT2D eigenvalue weighted by Gasteiger charge is -2.06. The number of thiophene rings is 1. The largest absolute Gasteiger partial charge is 0.469 e. The van der Waals surface area contributed by atoms with E-state index in [4.69, 9.17) is 5.73 Å². The lowest BCUT2D eigenvalue weighted by molar-refractivity contribution is -0.141. The zero-order valence-electron chi connectivity index (χ0n) is 7.23. The third kappa shape index (κ3) is 3.76. The monoisotopic (exact) mass is 221 g/mol. The normalized spacial score (nSPS) is 11.5. The first-order valence-electron chi connectivity index (χ1n) is 3.60. The Bertz CT molecular complexity index is 251. The van der Waals surface area contributed by atoms with Crippen molar-refractivity contribution in [2.24, 2.45) is 5.73 Å². The van der Waals surface area contributed by atoms with E-state index in [1.807, 2.05) is 17.5 Å². The summed E-state index contributed by atoms with van der Waals surface area (Å²) >= 11 is 1.55. The summed E-state index contributed by atoms with van der Waals surface area (Å²) in [5.41, 5.74) is 5.73. The molecule has 0 aliphatic rings. The molecule has 0 aliphatic heterocycles. The number of carbonyl (C=O) groups excluding carboxylic acids is 1. The molecule has 0 saturated heterocycles. The van der Waals surface area contributed by atoms with E-state index in [1.165, 1.54) is 7.11 Å². The van der Waals surface area contributed by atoms with E-state index in [0.29, 0.717) is 0 Å². The van der Waals surface area contributed by atoms with Crippen molar-refractivity contribution in [3.8, 4) is 0 Å². The molecule has 0 saturated carbocycles. The van der Waals surface area contributed by atoms with Gasteiger partial charge >= 0.3 is 5.97 Å². The molecule has 74 valence electrons. The Morgan fingerprint density at radius 1 is 1.77 bits per heavy atom. The summed E-state index contributed by atoms with van der Waals surface area (Å²) in [7, 11) is 1.36. The van der Waals surface area contributed by atoms with Crippen LogP contribution in [0.2, 0.25) is 0 Å². The molecule has 5 heteroatoms. The molecule has 1 aromatic heterocycles. The van der Waals surface area contributed by atoms with Crippen LogP contribution in [0.15, 0.2) is 17.5 Å². The van der Waals surface area contributed by atoms with E-state index in [0.717, 1.165) is 4.88 Å². The van der Waals surface area contributed by atoms with Gasteiger partial charge in [-0.15, -0.1) is 23.7 Å². The predicted molar refractivity (Wildman–Crippen MR) is 55.1 cm³/mol. The number of nitrogens with two attached hydrogens (primary N) is 1. The maximum Gasteiger partial charge on any atom is 0.307 e. The van der Waals surface area contributed by atoms with Gasteiger partial charge in [0.2, 0.25) is 0 Å². The number of methoxy groups -OCH3 is 1. The summed E-state index contributed by atoms with van der Waals surface area (Å²) in [6.07, 6.45) is 0.247. The van der Waals surface area contributed by atoms with Crippen molar-refractivity contribution in [3.63, 3.8) is 0 Å². The predicted octanol–water partition coefficient (Wildman–Crippen LogP) is 1.73. The Kier molecular flexibility index (Phi) is 5.70. The average Bonchev–Trinajstić information content (AvgIpc) is 2.56. The molecule has 0 amide bonds. The highest BCUT2D eigenvalue weighted by atomic mass is 35.5. The summed E-state index contributed by atoms with van der Waals surface area (Å²) in [6.45, 7) is 0. The van der Waals surface area contributed by atoms with Crippen LogP contribution in [0.1, 0.15) is 17.3 Å². The molecule has 1 atom stereocenters. The second-order valence-corrected chi connectivity index (χ2v) is 3.38. The van der Waals surface area contributed by atoms with Gasteiger partial charge in [-0.2, -0.15) is 0 Å². The van der Waals surface area contributed by atoms with Crippen molar-refractivity contribution in [2.75, 3.05) is 7.11 Å². The lowest BCUT2D eigenvalue weighted by atomic mass is 10.2. The molecular formula is C8H12ClNO2S. The molecule has 2 N–H and O–H groups in total. The molecule has 0 aromatic carbocycles. The topological polar surface area (TPSA) is 52.3 Å². The molecule has 0 aliphatic carbocycles. The van der Waals surface area contributed by atoms with Gasteiger partial charge in [-0.25, -0.2) is 0 Å². The number of rotatable bonds is 3. The maximum absolute atomic E-state index is 10.8. The van der Waals surface area contributed by atoms with Crippen molar-refractivity contribution in [2.45, 2.75) is 12.5 Å². The van der Waals surface area contributed by atoms with Crippen molar-refractivity contribution >= 4 is 29.7 Å². The quantitative estimate of drug-likeness (QED) is 0.791. The van der Waals surface area contributed by atoms with Crippen LogP contribution in [0.4, 0.5) is 0 Å². The highest BCUT2D eigenvalue weighted by Crippen LogP contribution is 2.19. The standard InChI is InChI=1S/C8H11NO2S.ClH/c1-11-8(10)5-6(9)7-3-2-4-12-7;/h2-4,6H,5,9H2,1H3;1H/t6-;/m1./s1. The van der Waals surface area contributed by atoms with E-state index in [-0.39, 0.29) is 30.8 Å². The molecule has 13 heavy (non-hydrogen) atoms. The molecule has 1 heterocycles. The number of halogens is 1. The van der Waals surface area contributed by atoms with Gasteiger partial charge in [0.15, 0.2) is 0 Å². The third-order valence-corrected chi connectivity index (χ3v) is 2.53. The molecule has 0 spiro atoms. The van der Waals surface area contributed by atoms with Crippen LogP contribution in [0, 0.1) is 0 Å². The first-order chi connectivity index (χ1) is 5.74. The van der Waals surface area contributed by atoms with E-state index in [2.05, 4.69) is 4.74 Å². The Hall–Kier alpha value is -0.580.